The smallest absolute Gasteiger partial charge is 0.326 e. The van der Waals surface area contributed by atoms with Gasteiger partial charge in [-0.15, -0.1) is 0 Å². The second-order valence-corrected chi connectivity index (χ2v) is 7.38. The number of carbonyl (C=O) groups is 1. The van der Waals surface area contributed by atoms with Crippen molar-refractivity contribution in [3.63, 3.8) is 0 Å². The lowest BCUT2D eigenvalue weighted by atomic mass is 10.1. The van der Waals surface area contributed by atoms with Crippen LogP contribution in [0, 0.1) is 10.1 Å². The van der Waals surface area contributed by atoms with Gasteiger partial charge in [0.05, 0.1) is 11.0 Å². The molecule has 0 fully saturated rings. The highest BCUT2D eigenvalue weighted by Crippen LogP contribution is 2.31. The second-order valence-electron chi connectivity index (χ2n) is 7.38. The fraction of sp³-hybridized carbons (Fsp3) is 0.208. The molecule has 0 aliphatic carbocycles. The number of fused-ring (bicyclic) bond motifs is 1. The molecular weight excluding hydrogens is 394 g/mol. The lowest BCUT2D eigenvalue weighted by molar-refractivity contribution is -0.384. The Balaban J connectivity index is 1.52. The highest BCUT2D eigenvalue weighted by Gasteiger charge is 2.24. The van der Waals surface area contributed by atoms with Crippen molar-refractivity contribution in [2.24, 2.45) is 0 Å². The average molecular weight is 417 g/mol. The van der Waals surface area contributed by atoms with E-state index in [1.165, 1.54) is 12.1 Å². The largest absolute Gasteiger partial charge is 0.489 e. The summed E-state index contributed by atoms with van der Waals surface area (Å²) < 4.78 is 5.69. The number of ether oxygens (including phenoxy) is 1. The first-order valence-corrected chi connectivity index (χ1v) is 10.2. The molecule has 0 atom stereocenters. The number of rotatable bonds is 5. The number of nitrogens with one attached hydrogen (secondary N) is 1. The maximum Gasteiger partial charge on any atom is 0.326 e. The number of hydrogen-bond acceptors (Lipinski definition) is 4. The first kappa shape index (κ1) is 20.4. The van der Waals surface area contributed by atoms with Gasteiger partial charge in [-0.1, -0.05) is 48.5 Å². The van der Waals surface area contributed by atoms with E-state index in [9.17, 15) is 14.9 Å². The molecule has 0 aromatic heterocycles. The topological polar surface area (TPSA) is 84.7 Å². The van der Waals surface area contributed by atoms with Gasteiger partial charge in [0.1, 0.15) is 18.0 Å². The quantitative estimate of drug-likeness (QED) is 0.436. The van der Waals surface area contributed by atoms with Crippen molar-refractivity contribution < 1.29 is 14.5 Å². The maximum absolute atomic E-state index is 13.0. The predicted octanol–water partition coefficient (Wildman–Crippen LogP) is 5.55. The number of nitro benzene ring substituents is 1. The van der Waals surface area contributed by atoms with Crippen molar-refractivity contribution in [2.45, 2.75) is 25.9 Å². The van der Waals surface area contributed by atoms with Gasteiger partial charge in [-0.25, -0.2) is 4.79 Å². The van der Waals surface area contributed by atoms with E-state index in [-0.39, 0.29) is 17.4 Å². The fourth-order valence-electron chi connectivity index (χ4n) is 3.68. The van der Waals surface area contributed by atoms with Gasteiger partial charge < -0.3 is 10.1 Å². The van der Waals surface area contributed by atoms with E-state index in [1.54, 1.807) is 11.0 Å². The molecule has 0 spiro atoms. The summed E-state index contributed by atoms with van der Waals surface area (Å²) in [4.78, 5) is 25.8. The Bertz CT molecular complexity index is 1090. The first-order chi connectivity index (χ1) is 15.1. The Kier molecular flexibility index (Phi) is 6.12. The molecule has 0 radical (unpaired) electrons. The summed E-state index contributed by atoms with van der Waals surface area (Å²) in [7, 11) is 0. The molecule has 4 rings (SSSR count). The summed E-state index contributed by atoms with van der Waals surface area (Å²) in [6, 6.07) is 21.4. The zero-order chi connectivity index (χ0) is 21.6. The van der Waals surface area contributed by atoms with Crippen molar-refractivity contribution in [3.8, 4) is 5.75 Å². The van der Waals surface area contributed by atoms with Crippen LogP contribution in [0.4, 0.5) is 21.9 Å². The van der Waals surface area contributed by atoms with Gasteiger partial charge in [-0.3, -0.25) is 15.0 Å². The minimum atomic E-state index is -0.513. The van der Waals surface area contributed by atoms with Gasteiger partial charge in [0.25, 0.3) is 5.69 Å². The third kappa shape index (κ3) is 4.83. The molecular formula is C24H23N3O4. The Morgan fingerprint density at radius 2 is 1.81 bits per heavy atom. The highest BCUT2D eigenvalue weighted by molar-refractivity contribution is 6.03. The molecule has 31 heavy (non-hydrogen) atoms. The Labute approximate surface area is 180 Å². The lowest BCUT2D eigenvalue weighted by Gasteiger charge is -2.23. The molecule has 3 aromatic carbocycles. The number of carbonyl (C=O) groups excluding carboxylic acids is 1. The van der Waals surface area contributed by atoms with Crippen molar-refractivity contribution in [3.05, 3.63) is 94.0 Å². The van der Waals surface area contributed by atoms with Crippen molar-refractivity contribution in [2.75, 3.05) is 16.8 Å². The Morgan fingerprint density at radius 1 is 1.03 bits per heavy atom. The predicted molar refractivity (Wildman–Crippen MR) is 120 cm³/mol. The van der Waals surface area contributed by atoms with Gasteiger partial charge in [-0.2, -0.15) is 0 Å². The average Bonchev–Trinajstić information content (AvgIpc) is 3.01. The molecule has 7 heteroatoms. The van der Waals surface area contributed by atoms with Crippen LogP contribution >= 0.6 is 0 Å². The van der Waals surface area contributed by atoms with Crippen LogP contribution in [0.1, 0.15) is 24.0 Å². The lowest BCUT2D eigenvalue weighted by Crippen LogP contribution is -2.35. The standard InChI is InChI=1S/C24H23N3O4/c28-24(26-15-7-6-11-19-10-4-5-12-22(19)26)25-21-14-13-20(16-23(21)27(29)30)31-17-18-8-2-1-3-9-18/h1-5,8-10,12-14,16H,6-7,11,15,17H2,(H,25,28). The first-order valence-electron chi connectivity index (χ1n) is 10.2. The number of nitrogens with zero attached hydrogens (tertiary/aromatic N) is 2. The van der Waals surface area contributed by atoms with Crippen LogP contribution < -0.4 is 15.0 Å². The molecule has 1 N–H and O–H groups in total. The van der Waals surface area contributed by atoms with Crippen LogP contribution in [0.25, 0.3) is 0 Å². The Morgan fingerprint density at radius 3 is 2.61 bits per heavy atom. The summed E-state index contributed by atoms with van der Waals surface area (Å²) in [5.41, 5.74) is 2.85. The SMILES string of the molecule is O=C(Nc1ccc(OCc2ccccc2)cc1[N+](=O)[O-])N1CCCCc2ccccc21. The van der Waals surface area contributed by atoms with Crippen LogP contribution in [0.3, 0.4) is 0 Å². The number of urea groups is 1. The highest BCUT2D eigenvalue weighted by atomic mass is 16.6. The summed E-state index contributed by atoms with van der Waals surface area (Å²) in [6.07, 6.45) is 2.78. The molecule has 0 saturated heterocycles. The zero-order valence-electron chi connectivity index (χ0n) is 17.0. The number of anilines is 2. The molecule has 0 saturated carbocycles. The number of aryl methyl sites for hydroxylation is 1. The Hall–Kier alpha value is -3.87. The zero-order valence-corrected chi connectivity index (χ0v) is 17.0. The van der Waals surface area contributed by atoms with Gasteiger partial charge in [0.15, 0.2) is 0 Å². The molecule has 1 aliphatic rings. The third-order valence-electron chi connectivity index (χ3n) is 5.26. The molecule has 1 heterocycles. The molecule has 7 nitrogen and oxygen atoms in total. The van der Waals surface area contributed by atoms with Crippen molar-refractivity contribution >= 4 is 23.1 Å². The summed E-state index contributed by atoms with van der Waals surface area (Å²) in [5, 5.41) is 14.4. The van der Waals surface area contributed by atoms with E-state index >= 15 is 0 Å². The number of benzene rings is 3. The van der Waals surface area contributed by atoms with Crippen molar-refractivity contribution in [1.82, 2.24) is 0 Å². The van der Waals surface area contributed by atoms with Crippen LogP contribution in [0.5, 0.6) is 5.75 Å². The van der Waals surface area contributed by atoms with Crippen LogP contribution in [0.2, 0.25) is 0 Å². The monoisotopic (exact) mass is 417 g/mol. The summed E-state index contributed by atoms with van der Waals surface area (Å²) in [6.45, 7) is 0.864. The molecule has 1 aliphatic heterocycles. The van der Waals surface area contributed by atoms with Crippen LogP contribution in [-0.4, -0.2) is 17.5 Å². The van der Waals surface area contributed by atoms with Crippen LogP contribution in [-0.2, 0) is 13.0 Å². The number of hydrogen-bond donors (Lipinski definition) is 1. The fourth-order valence-corrected chi connectivity index (χ4v) is 3.68. The molecule has 0 unspecified atom stereocenters. The van der Waals surface area contributed by atoms with Crippen LogP contribution in [0.15, 0.2) is 72.8 Å². The van der Waals surface area contributed by atoms with Gasteiger partial charge in [-0.05, 0) is 48.6 Å². The van der Waals surface area contributed by atoms with E-state index in [2.05, 4.69) is 5.32 Å². The van der Waals surface area contributed by atoms with E-state index in [0.717, 1.165) is 36.1 Å². The maximum atomic E-state index is 13.0. The number of amides is 2. The normalized spacial score (nSPS) is 13.1. The summed E-state index contributed by atoms with van der Waals surface area (Å²) >= 11 is 0. The van der Waals surface area contributed by atoms with Gasteiger partial charge in [0, 0.05) is 12.2 Å². The van der Waals surface area contributed by atoms with E-state index in [4.69, 9.17) is 4.74 Å². The molecule has 0 bridgehead atoms. The van der Waals surface area contributed by atoms with Gasteiger partial charge in [0.2, 0.25) is 0 Å². The van der Waals surface area contributed by atoms with E-state index in [0.29, 0.717) is 18.9 Å². The van der Waals surface area contributed by atoms with E-state index < -0.39 is 4.92 Å². The number of para-hydroxylation sites is 1. The second kappa shape index (κ2) is 9.30. The van der Waals surface area contributed by atoms with Crippen molar-refractivity contribution in [1.29, 1.82) is 0 Å². The minimum absolute atomic E-state index is 0.142. The summed E-state index contributed by atoms with van der Waals surface area (Å²) in [5.74, 6) is 0.369. The molecule has 2 amide bonds. The number of nitro groups is 1. The molecule has 3 aromatic rings. The minimum Gasteiger partial charge on any atom is -0.489 e. The van der Waals surface area contributed by atoms with Gasteiger partial charge >= 0.3 is 6.03 Å². The third-order valence-corrected chi connectivity index (χ3v) is 5.26. The van der Waals surface area contributed by atoms with E-state index in [1.807, 2.05) is 54.6 Å². The molecule has 158 valence electrons.